The number of pyridine rings is 1. The highest BCUT2D eigenvalue weighted by Crippen LogP contribution is 2.32. The van der Waals surface area contributed by atoms with Gasteiger partial charge in [0, 0.05) is 15.6 Å². The number of aromatic nitrogens is 1. The van der Waals surface area contributed by atoms with Crippen LogP contribution in [0.3, 0.4) is 0 Å². The van der Waals surface area contributed by atoms with Gasteiger partial charge < -0.3 is 15.4 Å². The molecular weight excluding hydrogens is 466 g/mol. The van der Waals surface area contributed by atoms with Gasteiger partial charge in [-0.1, -0.05) is 30.0 Å². The van der Waals surface area contributed by atoms with Crippen molar-refractivity contribution < 1.29 is 14.3 Å². The normalized spacial score (nSPS) is 13.6. The number of benzene rings is 2. The molecule has 1 aliphatic rings. The lowest BCUT2D eigenvalue weighted by Crippen LogP contribution is -2.28. The number of hydrogen-bond donors (Lipinski definition) is 2. The van der Waals surface area contributed by atoms with E-state index in [2.05, 4.69) is 31.5 Å². The SMILES string of the molecule is CC(NC(=O)c1ccccc1Sc1ccc(Br)cn1)c1ccc2c(c1)NC(=O)CO2. The van der Waals surface area contributed by atoms with Crippen LogP contribution >= 0.6 is 27.7 Å². The second kappa shape index (κ2) is 8.89. The average molecular weight is 484 g/mol. The smallest absolute Gasteiger partial charge is 0.262 e. The van der Waals surface area contributed by atoms with Crippen LogP contribution in [0.4, 0.5) is 5.69 Å². The van der Waals surface area contributed by atoms with Crippen LogP contribution in [0.1, 0.15) is 28.9 Å². The summed E-state index contributed by atoms with van der Waals surface area (Å²) in [5, 5.41) is 6.63. The van der Waals surface area contributed by atoms with E-state index in [0.29, 0.717) is 17.0 Å². The first kappa shape index (κ1) is 20.4. The molecule has 0 fully saturated rings. The van der Waals surface area contributed by atoms with E-state index in [1.54, 1.807) is 18.3 Å². The summed E-state index contributed by atoms with van der Waals surface area (Å²) in [5.41, 5.74) is 2.06. The molecule has 0 radical (unpaired) electrons. The van der Waals surface area contributed by atoms with Gasteiger partial charge in [-0.3, -0.25) is 9.59 Å². The summed E-state index contributed by atoms with van der Waals surface area (Å²) in [4.78, 5) is 29.7. The molecule has 1 unspecified atom stereocenters. The number of rotatable bonds is 5. The van der Waals surface area contributed by atoms with Gasteiger partial charge in [-0.05, 0) is 64.8 Å². The molecular formula is C22H18BrN3O3S. The van der Waals surface area contributed by atoms with Crippen molar-refractivity contribution in [1.29, 1.82) is 0 Å². The van der Waals surface area contributed by atoms with Crippen LogP contribution in [-0.2, 0) is 4.79 Å². The maximum atomic E-state index is 13.0. The Morgan fingerprint density at radius 2 is 2.07 bits per heavy atom. The number of anilines is 1. The summed E-state index contributed by atoms with van der Waals surface area (Å²) < 4.78 is 6.29. The van der Waals surface area contributed by atoms with Gasteiger partial charge in [0.2, 0.25) is 0 Å². The van der Waals surface area contributed by atoms with Crippen LogP contribution in [0.25, 0.3) is 0 Å². The van der Waals surface area contributed by atoms with E-state index in [1.165, 1.54) is 11.8 Å². The van der Waals surface area contributed by atoms with E-state index in [4.69, 9.17) is 4.74 Å². The zero-order valence-corrected chi connectivity index (χ0v) is 18.4. The van der Waals surface area contributed by atoms with E-state index in [0.717, 1.165) is 20.0 Å². The molecule has 2 heterocycles. The highest BCUT2D eigenvalue weighted by molar-refractivity contribution is 9.10. The summed E-state index contributed by atoms with van der Waals surface area (Å²) >= 11 is 4.81. The lowest BCUT2D eigenvalue weighted by Gasteiger charge is -2.21. The van der Waals surface area contributed by atoms with Crippen LogP contribution in [-0.4, -0.2) is 23.4 Å². The third kappa shape index (κ3) is 4.66. The molecule has 0 bridgehead atoms. The minimum Gasteiger partial charge on any atom is -0.482 e. The molecule has 2 aromatic carbocycles. The Kier molecular flexibility index (Phi) is 6.06. The number of ether oxygens (including phenoxy) is 1. The van der Waals surface area contributed by atoms with Gasteiger partial charge in [-0.15, -0.1) is 0 Å². The highest BCUT2D eigenvalue weighted by atomic mass is 79.9. The van der Waals surface area contributed by atoms with Crippen molar-refractivity contribution in [3.63, 3.8) is 0 Å². The number of fused-ring (bicyclic) bond motifs is 1. The van der Waals surface area contributed by atoms with Crippen LogP contribution in [0, 0.1) is 0 Å². The van der Waals surface area contributed by atoms with E-state index in [1.807, 2.05) is 49.4 Å². The minimum absolute atomic E-state index is 0.0142. The lowest BCUT2D eigenvalue weighted by molar-refractivity contribution is -0.118. The van der Waals surface area contributed by atoms with Crippen molar-refractivity contribution in [2.24, 2.45) is 0 Å². The topological polar surface area (TPSA) is 80.3 Å². The summed E-state index contributed by atoms with van der Waals surface area (Å²) in [6.45, 7) is 1.91. The minimum atomic E-state index is -0.259. The predicted molar refractivity (Wildman–Crippen MR) is 119 cm³/mol. The lowest BCUT2D eigenvalue weighted by atomic mass is 10.1. The van der Waals surface area contributed by atoms with Gasteiger partial charge in [0.05, 0.1) is 17.3 Å². The monoisotopic (exact) mass is 483 g/mol. The second-order valence-corrected chi connectivity index (χ2v) is 8.68. The molecule has 2 N–H and O–H groups in total. The molecule has 4 rings (SSSR count). The van der Waals surface area contributed by atoms with Crippen LogP contribution < -0.4 is 15.4 Å². The maximum Gasteiger partial charge on any atom is 0.262 e. The summed E-state index contributed by atoms with van der Waals surface area (Å²) in [5.74, 6) is 0.255. The van der Waals surface area contributed by atoms with Crippen LogP contribution in [0.5, 0.6) is 5.75 Å². The molecule has 0 aliphatic carbocycles. The number of hydrogen-bond acceptors (Lipinski definition) is 5. The van der Waals surface area contributed by atoms with Gasteiger partial charge in [-0.2, -0.15) is 0 Å². The number of nitrogens with zero attached hydrogens (tertiary/aromatic N) is 1. The first-order chi connectivity index (χ1) is 14.5. The molecule has 0 spiro atoms. The number of amides is 2. The van der Waals surface area contributed by atoms with Gasteiger partial charge in [-0.25, -0.2) is 4.98 Å². The molecule has 3 aromatic rings. The fourth-order valence-electron chi connectivity index (χ4n) is 3.01. The Labute approximate surface area is 186 Å². The van der Waals surface area contributed by atoms with Crippen molar-refractivity contribution in [2.75, 3.05) is 11.9 Å². The molecule has 1 aliphatic heterocycles. The molecule has 2 amide bonds. The quantitative estimate of drug-likeness (QED) is 0.543. The third-order valence-corrected chi connectivity index (χ3v) is 6.03. The molecule has 1 aromatic heterocycles. The molecule has 0 saturated carbocycles. The molecule has 1 atom stereocenters. The Balaban J connectivity index is 1.51. The van der Waals surface area contributed by atoms with Crippen molar-refractivity contribution >= 4 is 45.2 Å². The summed E-state index contributed by atoms with van der Waals surface area (Å²) in [7, 11) is 0. The summed E-state index contributed by atoms with van der Waals surface area (Å²) in [6.07, 6.45) is 1.73. The molecule has 8 heteroatoms. The Morgan fingerprint density at radius 1 is 1.23 bits per heavy atom. The Morgan fingerprint density at radius 3 is 2.87 bits per heavy atom. The summed E-state index contributed by atoms with van der Waals surface area (Å²) in [6, 6.07) is 16.5. The zero-order valence-electron chi connectivity index (χ0n) is 16.0. The Hall–Kier alpha value is -2.84. The van der Waals surface area contributed by atoms with Crippen LogP contribution in [0.15, 0.2) is 75.2 Å². The van der Waals surface area contributed by atoms with Crippen LogP contribution in [0.2, 0.25) is 0 Å². The molecule has 30 heavy (non-hydrogen) atoms. The fourth-order valence-corrected chi connectivity index (χ4v) is 4.12. The van der Waals surface area contributed by atoms with Crippen molar-refractivity contribution in [2.45, 2.75) is 22.9 Å². The van der Waals surface area contributed by atoms with Gasteiger partial charge >= 0.3 is 0 Å². The number of nitrogens with one attached hydrogen (secondary N) is 2. The van der Waals surface area contributed by atoms with Gasteiger partial charge in [0.1, 0.15) is 10.8 Å². The molecule has 152 valence electrons. The van der Waals surface area contributed by atoms with E-state index in [9.17, 15) is 9.59 Å². The standard InChI is InChI=1S/C22H18BrN3O3S/c1-13(14-6-8-18-17(10-14)26-20(27)12-29-18)25-22(28)16-4-2-3-5-19(16)30-21-9-7-15(23)11-24-21/h2-11,13H,12H2,1H3,(H,25,28)(H,26,27). The van der Waals surface area contributed by atoms with Crippen molar-refractivity contribution in [3.8, 4) is 5.75 Å². The third-order valence-electron chi connectivity index (χ3n) is 4.53. The molecule has 6 nitrogen and oxygen atoms in total. The number of halogens is 1. The molecule has 0 saturated heterocycles. The largest absolute Gasteiger partial charge is 0.482 e. The number of carbonyl (C=O) groups excluding carboxylic acids is 2. The van der Waals surface area contributed by atoms with E-state index < -0.39 is 0 Å². The predicted octanol–water partition coefficient (Wildman–Crippen LogP) is 4.82. The first-order valence-electron chi connectivity index (χ1n) is 9.25. The maximum absolute atomic E-state index is 13.0. The number of carbonyl (C=O) groups is 2. The Bertz CT molecular complexity index is 1110. The van der Waals surface area contributed by atoms with E-state index >= 15 is 0 Å². The fraction of sp³-hybridized carbons (Fsp3) is 0.136. The van der Waals surface area contributed by atoms with Gasteiger partial charge in [0.25, 0.3) is 11.8 Å². The van der Waals surface area contributed by atoms with Gasteiger partial charge in [0.15, 0.2) is 6.61 Å². The van der Waals surface area contributed by atoms with E-state index in [-0.39, 0.29) is 24.5 Å². The van der Waals surface area contributed by atoms with Crippen molar-refractivity contribution in [3.05, 3.63) is 76.4 Å². The highest BCUT2D eigenvalue weighted by Gasteiger charge is 2.19. The first-order valence-corrected chi connectivity index (χ1v) is 10.9. The second-order valence-electron chi connectivity index (χ2n) is 6.70. The average Bonchev–Trinajstić information content (AvgIpc) is 2.75. The van der Waals surface area contributed by atoms with Crippen molar-refractivity contribution in [1.82, 2.24) is 10.3 Å². The zero-order chi connectivity index (χ0) is 21.1.